The van der Waals surface area contributed by atoms with E-state index in [0.717, 1.165) is 6.07 Å². The molecule has 9 nitrogen and oxygen atoms in total. The van der Waals surface area contributed by atoms with Gasteiger partial charge < -0.3 is 14.8 Å². The van der Waals surface area contributed by atoms with Crippen LogP contribution < -0.4 is 14.8 Å². The number of rotatable bonds is 5. The molecular weight excluding hydrogens is 314 g/mol. The molecule has 0 aliphatic carbocycles. The van der Waals surface area contributed by atoms with Crippen LogP contribution in [0.2, 0.25) is 0 Å². The molecule has 1 N–H and O–H groups in total. The molecule has 0 bridgehead atoms. The van der Waals surface area contributed by atoms with Crippen molar-refractivity contribution in [2.24, 2.45) is 0 Å². The highest BCUT2D eigenvalue weighted by Crippen LogP contribution is 2.37. The van der Waals surface area contributed by atoms with Crippen LogP contribution in [0.25, 0.3) is 0 Å². The molecule has 10 heteroatoms. The van der Waals surface area contributed by atoms with E-state index in [4.69, 9.17) is 9.47 Å². The Labute approximate surface area is 128 Å². The SMILES string of the molecule is COc1cc(OC)c(S(=O)(=O)N2CCNCC2)cc1[N+](=O)[O-]. The summed E-state index contributed by atoms with van der Waals surface area (Å²) in [5.74, 6) is -0.0397. The molecule has 1 saturated heterocycles. The third-order valence-electron chi connectivity index (χ3n) is 3.36. The third kappa shape index (κ3) is 2.98. The minimum absolute atomic E-state index is 0.0148. The first kappa shape index (κ1) is 16.5. The monoisotopic (exact) mass is 331 g/mol. The summed E-state index contributed by atoms with van der Waals surface area (Å²) in [4.78, 5) is 10.2. The fraction of sp³-hybridized carbons (Fsp3) is 0.500. The zero-order valence-electron chi connectivity index (χ0n) is 12.2. The molecule has 0 unspecified atom stereocenters. The van der Waals surface area contributed by atoms with Crippen LogP contribution in [0.5, 0.6) is 11.5 Å². The van der Waals surface area contributed by atoms with E-state index >= 15 is 0 Å². The van der Waals surface area contributed by atoms with Crippen molar-refractivity contribution >= 4 is 15.7 Å². The zero-order valence-corrected chi connectivity index (χ0v) is 13.1. The molecule has 0 aromatic heterocycles. The van der Waals surface area contributed by atoms with Crippen LogP contribution in [0, 0.1) is 10.1 Å². The number of methoxy groups -OCH3 is 2. The summed E-state index contributed by atoms with van der Waals surface area (Å²) in [5, 5.41) is 14.2. The van der Waals surface area contributed by atoms with Crippen LogP contribution >= 0.6 is 0 Å². The molecule has 1 heterocycles. The second-order valence-corrected chi connectivity index (χ2v) is 6.49. The fourth-order valence-corrected chi connectivity index (χ4v) is 3.82. The zero-order chi connectivity index (χ0) is 16.3. The van der Waals surface area contributed by atoms with Gasteiger partial charge in [0.2, 0.25) is 15.8 Å². The highest BCUT2D eigenvalue weighted by atomic mass is 32.2. The molecule has 0 spiro atoms. The number of nitro benzene ring substituents is 1. The summed E-state index contributed by atoms with van der Waals surface area (Å²) in [5.41, 5.74) is -0.419. The summed E-state index contributed by atoms with van der Waals surface area (Å²) in [6.45, 7) is 1.65. The standard InChI is InChI=1S/C12H17N3O6S/c1-20-10-8-11(21-2)12(7-9(10)15(16)17)22(18,19)14-5-3-13-4-6-14/h7-8,13H,3-6H2,1-2H3. The number of ether oxygens (including phenoxy) is 2. The Morgan fingerprint density at radius 2 is 1.77 bits per heavy atom. The van der Waals surface area contributed by atoms with E-state index in [9.17, 15) is 18.5 Å². The number of nitrogens with zero attached hydrogens (tertiary/aromatic N) is 2. The first-order chi connectivity index (χ1) is 10.4. The summed E-state index contributed by atoms with van der Waals surface area (Å²) in [6.07, 6.45) is 0. The number of sulfonamides is 1. The maximum Gasteiger partial charge on any atom is 0.312 e. The van der Waals surface area contributed by atoms with Gasteiger partial charge in [0.15, 0.2) is 0 Å². The first-order valence-corrected chi connectivity index (χ1v) is 7.97. The Bertz CT molecular complexity index is 670. The molecule has 0 saturated carbocycles. The number of nitrogens with one attached hydrogen (secondary N) is 1. The first-order valence-electron chi connectivity index (χ1n) is 6.53. The van der Waals surface area contributed by atoms with Crippen LogP contribution in [-0.4, -0.2) is 58.0 Å². The van der Waals surface area contributed by atoms with Crippen molar-refractivity contribution in [2.75, 3.05) is 40.4 Å². The topological polar surface area (TPSA) is 111 Å². The predicted octanol–water partition coefficient (Wildman–Crippen LogP) is 0.206. The summed E-state index contributed by atoms with van der Waals surface area (Å²) >= 11 is 0. The number of nitro groups is 1. The number of piperazine rings is 1. The van der Waals surface area contributed by atoms with Crippen molar-refractivity contribution < 1.29 is 22.8 Å². The summed E-state index contributed by atoms with van der Waals surface area (Å²) < 4.78 is 36.7. The Balaban J connectivity index is 2.57. The van der Waals surface area contributed by atoms with E-state index in [1.165, 1.54) is 24.6 Å². The van der Waals surface area contributed by atoms with Crippen LogP contribution in [0.4, 0.5) is 5.69 Å². The lowest BCUT2D eigenvalue weighted by atomic mass is 10.3. The normalized spacial score (nSPS) is 16.3. The lowest BCUT2D eigenvalue weighted by molar-refractivity contribution is -0.386. The van der Waals surface area contributed by atoms with Crippen molar-refractivity contribution in [3.63, 3.8) is 0 Å². The second-order valence-electron chi connectivity index (χ2n) is 4.59. The minimum atomic E-state index is -3.88. The quantitative estimate of drug-likeness (QED) is 0.606. The van der Waals surface area contributed by atoms with E-state index in [-0.39, 0.29) is 16.4 Å². The van der Waals surface area contributed by atoms with E-state index in [2.05, 4.69) is 5.32 Å². The molecule has 2 rings (SSSR count). The van der Waals surface area contributed by atoms with E-state index in [1.807, 2.05) is 0 Å². The number of benzene rings is 1. The van der Waals surface area contributed by atoms with Crippen molar-refractivity contribution in [3.8, 4) is 11.5 Å². The molecule has 22 heavy (non-hydrogen) atoms. The molecular formula is C12H17N3O6S. The molecule has 1 fully saturated rings. The minimum Gasteiger partial charge on any atom is -0.495 e. The van der Waals surface area contributed by atoms with Gasteiger partial charge in [0, 0.05) is 38.3 Å². The highest BCUT2D eigenvalue weighted by Gasteiger charge is 2.32. The van der Waals surface area contributed by atoms with Crippen molar-refractivity contribution in [2.45, 2.75) is 4.90 Å². The maximum atomic E-state index is 12.7. The molecule has 122 valence electrons. The van der Waals surface area contributed by atoms with E-state index in [1.54, 1.807) is 0 Å². The smallest absolute Gasteiger partial charge is 0.312 e. The van der Waals surface area contributed by atoms with Gasteiger partial charge in [-0.25, -0.2) is 8.42 Å². The summed E-state index contributed by atoms with van der Waals surface area (Å²) in [6, 6.07) is 2.20. The van der Waals surface area contributed by atoms with E-state index < -0.39 is 20.6 Å². The fourth-order valence-electron chi connectivity index (χ4n) is 2.22. The van der Waals surface area contributed by atoms with Gasteiger partial charge in [0.1, 0.15) is 10.6 Å². The van der Waals surface area contributed by atoms with Gasteiger partial charge in [0.25, 0.3) is 0 Å². The molecule has 0 radical (unpaired) electrons. The molecule has 1 aromatic rings. The lowest BCUT2D eigenvalue weighted by Crippen LogP contribution is -2.46. The van der Waals surface area contributed by atoms with Gasteiger partial charge in [-0.1, -0.05) is 0 Å². The molecule has 1 aromatic carbocycles. The van der Waals surface area contributed by atoms with Gasteiger partial charge in [-0.05, 0) is 0 Å². The maximum absolute atomic E-state index is 12.7. The van der Waals surface area contributed by atoms with Gasteiger partial charge in [0.05, 0.1) is 19.1 Å². The average molecular weight is 331 g/mol. The molecule has 1 aliphatic rings. The van der Waals surface area contributed by atoms with Crippen molar-refractivity contribution in [3.05, 3.63) is 22.2 Å². The van der Waals surface area contributed by atoms with Gasteiger partial charge >= 0.3 is 5.69 Å². The Kier molecular flexibility index (Phi) is 4.84. The Hall–Kier alpha value is -1.91. The van der Waals surface area contributed by atoms with Gasteiger partial charge in [-0.15, -0.1) is 0 Å². The summed E-state index contributed by atoms with van der Waals surface area (Å²) in [7, 11) is -1.30. The molecule has 0 atom stereocenters. The van der Waals surface area contributed by atoms with Crippen LogP contribution in [0.3, 0.4) is 0 Å². The average Bonchev–Trinajstić information content (AvgIpc) is 2.54. The van der Waals surface area contributed by atoms with Crippen molar-refractivity contribution in [1.82, 2.24) is 9.62 Å². The van der Waals surface area contributed by atoms with Crippen LogP contribution in [0.15, 0.2) is 17.0 Å². The van der Waals surface area contributed by atoms with E-state index in [0.29, 0.717) is 26.2 Å². The third-order valence-corrected chi connectivity index (χ3v) is 5.28. The number of hydrogen-bond acceptors (Lipinski definition) is 7. The van der Waals surface area contributed by atoms with Gasteiger partial charge in [-0.3, -0.25) is 10.1 Å². The molecule has 0 amide bonds. The van der Waals surface area contributed by atoms with Crippen LogP contribution in [0.1, 0.15) is 0 Å². The largest absolute Gasteiger partial charge is 0.495 e. The van der Waals surface area contributed by atoms with Crippen molar-refractivity contribution in [1.29, 1.82) is 0 Å². The molecule has 1 aliphatic heterocycles. The Morgan fingerprint density at radius 3 is 2.27 bits per heavy atom. The number of hydrogen-bond donors (Lipinski definition) is 1. The van der Waals surface area contributed by atoms with Gasteiger partial charge in [-0.2, -0.15) is 4.31 Å². The van der Waals surface area contributed by atoms with Crippen LogP contribution in [-0.2, 0) is 10.0 Å². The lowest BCUT2D eigenvalue weighted by Gasteiger charge is -2.27. The predicted molar refractivity (Wildman–Crippen MR) is 77.8 cm³/mol. The highest BCUT2D eigenvalue weighted by molar-refractivity contribution is 7.89. The second kappa shape index (κ2) is 6.46. The Morgan fingerprint density at radius 1 is 1.18 bits per heavy atom.